The molecule has 0 aromatic rings. The Morgan fingerprint density at radius 1 is 1.29 bits per heavy atom. The topological polar surface area (TPSA) is 87.1 Å². The van der Waals surface area contributed by atoms with Gasteiger partial charge in [-0.3, -0.25) is 14.4 Å². The Labute approximate surface area is 214 Å². The van der Waals surface area contributed by atoms with Crippen molar-refractivity contribution in [2.75, 3.05) is 19.8 Å². The number of carbonyl (C=O) groups is 3. The number of hydrogen-bond donors (Lipinski definition) is 1. The van der Waals surface area contributed by atoms with Crippen LogP contribution in [0.1, 0.15) is 60.3 Å². The zero-order valence-electron chi connectivity index (χ0n) is 21.9. The molecule has 8 heteroatoms. The molecule has 3 fully saturated rings. The van der Waals surface area contributed by atoms with Crippen LogP contribution in [-0.2, 0) is 19.1 Å². The normalized spacial score (nSPS) is 32.9. The van der Waals surface area contributed by atoms with E-state index in [1.54, 1.807) is 33.7 Å². The maximum atomic E-state index is 14.2. The fraction of sp³-hybridized carbons (Fsp3) is 0.741. The van der Waals surface area contributed by atoms with E-state index < -0.39 is 33.4 Å². The first-order valence-corrected chi connectivity index (χ1v) is 13.7. The number of aliphatic hydroxyl groups excluding tert-OH is 1. The van der Waals surface area contributed by atoms with E-state index in [0.29, 0.717) is 19.4 Å². The van der Waals surface area contributed by atoms with Crippen molar-refractivity contribution in [1.82, 2.24) is 9.80 Å². The van der Waals surface area contributed by atoms with Crippen molar-refractivity contribution in [3.63, 3.8) is 0 Å². The average molecular weight is 507 g/mol. The number of aliphatic hydroxyl groups is 1. The molecule has 1 spiro atoms. The number of hydrogen-bond acceptors (Lipinski definition) is 6. The second-order valence-electron chi connectivity index (χ2n) is 10.7. The van der Waals surface area contributed by atoms with Crippen molar-refractivity contribution >= 4 is 29.5 Å². The monoisotopic (exact) mass is 506 g/mol. The van der Waals surface area contributed by atoms with Crippen LogP contribution in [0.15, 0.2) is 25.3 Å². The number of amides is 2. The lowest BCUT2D eigenvalue weighted by molar-refractivity contribution is -0.156. The van der Waals surface area contributed by atoms with Crippen LogP contribution in [0.4, 0.5) is 0 Å². The summed E-state index contributed by atoms with van der Waals surface area (Å²) < 4.78 is 4.40. The lowest BCUT2D eigenvalue weighted by Crippen LogP contribution is -2.59. The lowest BCUT2D eigenvalue weighted by Gasteiger charge is -2.42. The fourth-order valence-electron chi connectivity index (χ4n) is 6.36. The fourth-order valence-corrected chi connectivity index (χ4v) is 8.68. The quantitative estimate of drug-likeness (QED) is 0.248. The third-order valence-electron chi connectivity index (χ3n) is 8.35. The Morgan fingerprint density at radius 2 is 1.97 bits per heavy atom. The van der Waals surface area contributed by atoms with Crippen LogP contribution in [0.2, 0.25) is 0 Å². The highest BCUT2D eigenvalue weighted by Crippen LogP contribution is 2.72. The number of thioether (sulfide) groups is 1. The number of carbonyl (C=O) groups excluding carboxylic acids is 3. The van der Waals surface area contributed by atoms with Crippen LogP contribution in [-0.4, -0.2) is 80.1 Å². The molecule has 3 aliphatic rings. The highest BCUT2D eigenvalue weighted by atomic mass is 32.2. The second-order valence-corrected chi connectivity index (χ2v) is 12.6. The molecule has 7 nitrogen and oxygen atoms in total. The number of fused-ring (bicyclic) bond motifs is 1. The van der Waals surface area contributed by atoms with Gasteiger partial charge in [0.1, 0.15) is 6.04 Å². The van der Waals surface area contributed by atoms with E-state index in [4.69, 9.17) is 4.74 Å². The highest BCUT2D eigenvalue weighted by Gasteiger charge is 2.78. The van der Waals surface area contributed by atoms with Crippen LogP contribution in [0.3, 0.4) is 0 Å². The first-order valence-electron chi connectivity index (χ1n) is 12.9. The van der Waals surface area contributed by atoms with Crippen LogP contribution in [0.5, 0.6) is 0 Å². The van der Waals surface area contributed by atoms with Crippen molar-refractivity contribution in [3.05, 3.63) is 25.3 Å². The molecule has 0 radical (unpaired) electrons. The number of nitrogens with zero attached hydrogens (tertiary/aromatic N) is 2. The van der Waals surface area contributed by atoms with E-state index in [1.807, 2.05) is 34.6 Å². The minimum Gasteiger partial charge on any atom is -0.465 e. The summed E-state index contributed by atoms with van der Waals surface area (Å²) >= 11 is 1.63. The maximum absolute atomic E-state index is 14.2. The highest BCUT2D eigenvalue weighted by molar-refractivity contribution is 8.02. The van der Waals surface area contributed by atoms with Gasteiger partial charge in [-0.15, -0.1) is 24.9 Å². The number of ether oxygens (including phenoxy) is 1. The van der Waals surface area contributed by atoms with E-state index in [1.165, 1.54) is 0 Å². The van der Waals surface area contributed by atoms with Gasteiger partial charge in [0.05, 0.1) is 35.8 Å². The molecule has 7 atom stereocenters. The first kappa shape index (κ1) is 27.8. The molecule has 0 aromatic carbocycles. The minimum absolute atomic E-state index is 0.00263. The van der Waals surface area contributed by atoms with Gasteiger partial charge in [-0.2, -0.15) is 0 Å². The standard InChI is InChI=1S/C27H42N2O5S/c1-8-11-15-34-25(33)21-20-23(31)29(19(16-30)18(6)10-3)22(24(32)28(14-9-2)17(4)5)27(20)13-12-26(21,7)35-27/h8-9,17-22,30H,1-2,10-16H2,3-7H3/t18-,19-,20-,21-,22?,26+,27?/m0/s1. The molecule has 0 saturated carbocycles. The largest absolute Gasteiger partial charge is 0.465 e. The SMILES string of the molecule is C=CCCOC(=O)[C@@H]1[C@H]2C(=O)N([C@@H](CO)[C@@H](C)CC)C(C(=O)N(CC=C)C(C)C)C23CC[C@@]1(C)S3. The third-order valence-corrected chi connectivity index (χ3v) is 10.3. The minimum atomic E-state index is -0.744. The zero-order chi connectivity index (χ0) is 26.1. The van der Waals surface area contributed by atoms with E-state index in [9.17, 15) is 19.5 Å². The Hall–Kier alpha value is -1.80. The molecule has 3 saturated heterocycles. The van der Waals surface area contributed by atoms with Crippen LogP contribution < -0.4 is 0 Å². The average Bonchev–Trinajstić information content (AvgIpc) is 3.38. The number of likely N-dealkylation sites (tertiary alicyclic amines) is 1. The lowest BCUT2D eigenvalue weighted by atomic mass is 9.66. The summed E-state index contributed by atoms with van der Waals surface area (Å²) in [5.74, 6) is -1.97. The van der Waals surface area contributed by atoms with E-state index >= 15 is 0 Å². The van der Waals surface area contributed by atoms with Crippen molar-refractivity contribution in [2.45, 2.75) is 87.9 Å². The van der Waals surface area contributed by atoms with Gasteiger partial charge in [0, 0.05) is 17.3 Å². The smallest absolute Gasteiger partial charge is 0.311 e. The van der Waals surface area contributed by atoms with Crippen molar-refractivity contribution in [2.24, 2.45) is 17.8 Å². The summed E-state index contributed by atoms with van der Waals surface area (Å²) in [5.41, 5.74) is 0. The summed E-state index contributed by atoms with van der Waals surface area (Å²) in [5, 5.41) is 10.4. The van der Waals surface area contributed by atoms with Crippen molar-refractivity contribution in [1.29, 1.82) is 0 Å². The zero-order valence-corrected chi connectivity index (χ0v) is 22.7. The summed E-state index contributed by atoms with van der Waals surface area (Å²) in [6.45, 7) is 17.8. The van der Waals surface area contributed by atoms with E-state index in [2.05, 4.69) is 13.2 Å². The molecule has 196 valence electrons. The van der Waals surface area contributed by atoms with Crippen molar-refractivity contribution in [3.8, 4) is 0 Å². The molecule has 0 aromatic heterocycles. The molecule has 35 heavy (non-hydrogen) atoms. The van der Waals surface area contributed by atoms with Gasteiger partial charge >= 0.3 is 5.97 Å². The number of rotatable bonds is 12. The second kappa shape index (κ2) is 10.7. The molecule has 3 rings (SSSR count). The maximum Gasteiger partial charge on any atom is 0.311 e. The van der Waals surface area contributed by atoms with E-state index in [-0.39, 0.29) is 43.0 Å². The summed E-state index contributed by atoms with van der Waals surface area (Å²) in [7, 11) is 0. The molecular formula is C27H42N2O5S. The van der Waals surface area contributed by atoms with Gasteiger partial charge in [-0.25, -0.2) is 0 Å². The Bertz CT molecular complexity index is 863. The molecule has 2 unspecified atom stereocenters. The Balaban J connectivity index is 2.12. The molecule has 3 aliphatic heterocycles. The Kier molecular flexibility index (Phi) is 8.47. The molecule has 0 aliphatic carbocycles. The van der Waals surface area contributed by atoms with Gasteiger partial charge in [-0.1, -0.05) is 32.4 Å². The first-order chi connectivity index (χ1) is 16.5. The molecule has 2 amide bonds. The van der Waals surface area contributed by atoms with Crippen molar-refractivity contribution < 1.29 is 24.2 Å². The van der Waals surface area contributed by atoms with Gasteiger partial charge in [0.25, 0.3) is 0 Å². The summed E-state index contributed by atoms with van der Waals surface area (Å²) in [4.78, 5) is 45.2. The molecule has 1 N–H and O–H groups in total. The molecular weight excluding hydrogens is 464 g/mol. The van der Waals surface area contributed by atoms with Crippen LogP contribution in [0.25, 0.3) is 0 Å². The predicted molar refractivity (Wildman–Crippen MR) is 139 cm³/mol. The van der Waals surface area contributed by atoms with Gasteiger partial charge < -0.3 is 19.6 Å². The Morgan fingerprint density at radius 3 is 2.51 bits per heavy atom. The van der Waals surface area contributed by atoms with Gasteiger partial charge in [-0.05, 0) is 46.0 Å². The van der Waals surface area contributed by atoms with Gasteiger partial charge in [0.2, 0.25) is 11.8 Å². The van der Waals surface area contributed by atoms with E-state index in [0.717, 1.165) is 12.8 Å². The summed E-state index contributed by atoms with van der Waals surface area (Å²) in [6.07, 6.45) is 6.11. The number of esters is 1. The molecule has 3 heterocycles. The van der Waals surface area contributed by atoms with Gasteiger partial charge in [0.15, 0.2) is 0 Å². The molecule has 2 bridgehead atoms. The van der Waals surface area contributed by atoms with Crippen LogP contribution in [0, 0.1) is 17.8 Å². The summed E-state index contributed by atoms with van der Waals surface area (Å²) in [6, 6.07) is -1.32. The predicted octanol–water partition coefficient (Wildman–Crippen LogP) is 3.42. The van der Waals surface area contributed by atoms with Crippen LogP contribution >= 0.6 is 11.8 Å². The third kappa shape index (κ3) is 4.45.